The summed E-state index contributed by atoms with van der Waals surface area (Å²) < 4.78 is 1.60. The van der Waals surface area contributed by atoms with Crippen LogP contribution in [0.2, 0.25) is 0 Å². The van der Waals surface area contributed by atoms with Crippen molar-refractivity contribution in [2.24, 2.45) is 5.92 Å². The predicted molar refractivity (Wildman–Crippen MR) is 97.9 cm³/mol. The molecule has 0 bridgehead atoms. The van der Waals surface area contributed by atoms with E-state index in [9.17, 15) is 9.59 Å². The fraction of sp³-hybridized carbons (Fsp3) is 0.474. The summed E-state index contributed by atoms with van der Waals surface area (Å²) in [6.45, 7) is 3.98. The van der Waals surface area contributed by atoms with Crippen molar-refractivity contribution in [2.75, 3.05) is 19.6 Å². The van der Waals surface area contributed by atoms with Crippen molar-refractivity contribution in [3.63, 3.8) is 0 Å². The van der Waals surface area contributed by atoms with Gasteiger partial charge in [0.25, 0.3) is 5.91 Å². The third kappa shape index (κ3) is 4.28. The lowest BCUT2D eigenvalue weighted by Gasteiger charge is -2.30. The van der Waals surface area contributed by atoms with Gasteiger partial charge in [-0.25, -0.2) is 4.68 Å². The molecular weight excluding hydrogens is 330 g/mol. The number of amides is 2. The lowest BCUT2D eigenvalue weighted by molar-refractivity contribution is -0.126. The highest BCUT2D eigenvalue weighted by atomic mass is 16.2. The number of carbonyl (C=O) groups is 2. The molecule has 1 fully saturated rings. The van der Waals surface area contributed by atoms with Gasteiger partial charge in [-0.2, -0.15) is 0 Å². The fourth-order valence-corrected chi connectivity index (χ4v) is 3.11. The van der Waals surface area contributed by atoms with Crippen molar-refractivity contribution in [1.82, 2.24) is 25.2 Å². The Balaban J connectivity index is 1.54. The van der Waals surface area contributed by atoms with E-state index in [1.165, 1.54) is 0 Å². The van der Waals surface area contributed by atoms with Crippen molar-refractivity contribution in [3.05, 3.63) is 42.2 Å². The average Bonchev–Trinajstić information content (AvgIpc) is 3.18. The van der Waals surface area contributed by atoms with E-state index < -0.39 is 0 Å². The Labute approximate surface area is 153 Å². The van der Waals surface area contributed by atoms with Gasteiger partial charge >= 0.3 is 0 Å². The summed E-state index contributed by atoms with van der Waals surface area (Å²) in [5.74, 6) is -0.0199. The molecule has 0 spiro atoms. The Morgan fingerprint density at radius 1 is 1.19 bits per heavy atom. The molecule has 0 unspecified atom stereocenters. The van der Waals surface area contributed by atoms with Crippen LogP contribution < -0.4 is 5.32 Å². The maximum absolute atomic E-state index is 12.6. The van der Waals surface area contributed by atoms with Gasteiger partial charge in [-0.05, 0) is 31.4 Å². The molecule has 0 atom stereocenters. The zero-order chi connectivity index (χ0) is 18.4. The fourth-order valence-electron chi connectivity index (χ4n) is 3.11. The van der Waals surface area contributed by atoms with E-state index in [-0.39, 0.29) is 17.7 Å². The zero-order valence-electron chi connectivity index (χ0n) is 15.1. The first-order chi connectivity index (χ1) is 12.7. The number of aromatic nitrogens is 3. The minimum absolute atomic E-state index is 0.00379. The summed E-state index contributed by atoms with van der Waals surface area (Å²) >= 11 is 0. The van der Waals surface area contributed by atoms with Crippen molar-refractivity contribution in [1.29, 1.82) is 0 Å². The van der Waals surface area contributed by atoms with E-state index in [0.717, 1.165) is 25.1 Å². The van der Waals surface area contributed by atoms with Gasteiger partial charge in [0.05, 0.1) is 11.9 Å². The molecule has 0 radical (unpaired) electrons. The van der Waals surface area contributed by atoms with Crippen LogP contribution in [0.25, 0.3) is 5.69 Å². The third-order valence-corrected chi connectivity index (χ3v) is 4.72. The van der Waals surface area contributed by atoms with Crippen LogP contribution in [-0.4, -0.2) is 51.3 Å². The van der Waals surface area contributed by atoms with Crippen molar-refractivity contribution < 1.29 is 9.59 Å². The van der Waals surface area contributed by atoms with Gasteiger partial charge < -0.3 is 10.2 Å². The zero-order valence-corrected chi connectivity index (χ0v) is 15.1. The number of hydrogen-bond donors (Lipinski definition) is 1. The number of unbranched alkanes of at least 4 members (excludes halogenated alkanes) is 1. The summed E-state index contributed by atoms with van der Waals surface area (Å²) in [6, 6.07) is 9.57. The molecule has 2 aromatic rings. The SMILES string of the molecule is CCCCNC(=O)C1CCN(C(=O)c2cn(-c3ccccc3)nn2)CC1. The largest absolute Gasteiger partial charge is 0.356 e. The molecule has 0 saturated carbocycles. The molecule has 1 aromatic heterocycles. The molecule has 7 nitrogen and oxygen atoms in total. The second-order valence-corrected chi connectivity index (χ2v) is 6.59. The lowest BCUT2D eigenvalue weighted by atomic mass is 9.95. The number of para-hydroxylation sites is 1. The summed E-state index contributed by atoms with van der Waals surface area (Å²) in [5, 5.41) is 11.0. The van der Waals surface area contributed by atoms with Crippen LogP contribution in [0, 0.1) is 5.92 Å². The van der Waals surface area contributed by atoms with Crippen LogP contribution in [-0.2, 0) is 4.79 Å². The van der Waals surface area contributed by atoms with Crippen LogP contribution >= 0.6 is 0 Å². The Bertz CT molecular complexity index is 735. The van der Waals surface area contributed by atoms with Gasteiger partial charge in [0, 0.05) is 25.6 Å². The second kappa shape index (κ2) is 8.60. The molecule has 2 heterocycles. The predicted octanol–water partition coefficient (Wildman–Crippen LogP) is 2.04. The van der Waals surface area contributed by atoms with Gasteiger partial charge in [-0.15, -0.1) is 5.10 Å². The maximum atomic E-state index is 12.6. The van der Waals surface area contributed by atoms with E-state index in [0.29, 0.717) is 31.6 Å². The normalized spacial score (nSPS) is 15.0. The van der Waals surface area contributed by atoms with Gasteiger partial charge in [0.2, 0.25) is 5.91 Å². The molecule has 2 amide bonds. The number of rotatable bonds is 6. The van der Waals surface area contributed by atoms with Gasteiger partial charge in [-0.1, -0.05) is 36.8 Å². The van der Waals surface area contributed by atoms with Crippen molar-refractivity contribution in [3.8, 4) is 5.69 Å². The number of likely N-dealkylation sites (tertiary alicyclic amines) is 1. The molecule has 26 heavy (non-hydrogen) atoms. The molecule has 1 N–H and O–H groups in total. The first-order valence-electron chi connectivity index (χ1n) is 9.23. The highest BCUT2D eigenvalue weighted by Crippen LogP contribution is 2.19. The molecule has 3 rings (SSSR count). The standard InChI is InChI=1S/C19H25N5O2/c1-2-3-11-20-18(25)15-9-12-23(13-10-15)19(26)17-14-24(22-21-17)16-7-5-4-6-8-16/h4-8,14-15H,2-3,9-13H2,1H3,(H,20,25). The van der Waals surface area contributed by atoms with Gasteiger partial charge in [0.1, 0.15) is 0 Å². The second-order valence-electron chi connectivity index (χ2n) is 6.59. The number of piperidine rings is 1. The van der Waals surface area contributed by atoms with Gasteiger partial charge in [0.15, 0.2) is 5.69 Å². The smallest absolute Gasteiger partial charge is 0.276 e. The van der Waals surface area contributed by atoms with Crippen LogP contribution in [0.4, 0.5) is 0 Å². The van der Waals surface area contributed by atoms with E-state index in [1.54, 1.807) is 15.8 Å². The highest BCUT2D eigenvalue weighted by Gasteiger charge is 2.28. The molecule has 1 saturated heterocycles. The minimum atomic E-state index is -0.128. The topological polar surface area (TPSA) is 80.1 Å². The Morgan fingerprint density at radius 2 is 1.92 bits per heavy atom. The van der Waals surface area contributed by atoms with Crippen molar-refractivity contribution in [2.45, 2.75) is 32.6 Å². The summed E-state index contributed by atoms with van der Waals surface area (Å²) in [6.07, 6.45) is 5.10. The molecule has 1 aliphatic heterocycles. The monoisotopic (exact) mass is 355 g/mol. The summed E-state index contributed by atoms with van der Waals surface area (Å²) in [4.78, 5) is 26.5. The quantitative estimate of drug-likeness (QED) is 0.804. The van der Waals surface area contributed by atoms with Crippen molar-refractivity contribution >= 4 is 11.8 Å². The number of nitrogens with zero attached hydrogens (tertiary/aromatic N) is 4. The van der Waals surface area contributed by atoms with Crippen LogP contribution in [0.1, 0.15) is 43.1 Å². The number of carbonyl (C=O) groups excluding carboxylic acids is 2. The maximum Gasteiger partial charge on any atom is 0.276 e. The number of benzene rings is 1. The van der Waals surface area contributed by atoms with E-state index >= 15 is 0 Å². The Kier molecular flexibility index (Phi) is 5.99. The summed E-state index contributed by atoms with van der Waals surface area (Å²) in [5.41, 5.74) is 1.20. The van der Waals surface area contributed by atoms with Crippen LogP contribution in [0.15, 0.2) is 36.5 Å². The van der Waals surface area contributed by atoms with Gasteiger partial charge in [-0.3, -0.25) is 9.59 Å². The molecule has 1 aromatic carbocycles. The first kappa shape index (κ1) is 18.1. The summed E-state index contributed by atoms with van der Waals surface area (Å²) in [7, 11) is 0. The highest BCUT2D eigenvalue weighted by molar-refractivity contribution is 5.92. The Hall–Kier alpha value is -2.70. The number of hydrogen-bond acceptors (Lipinski definition) is 4. The molecular formula is C19H25N5O2. The minimum Gasteiger partial charge on any atom is -0.356 e. The number of nitrogens with one attached hydrogen (secondary N) is 1. The first-order valence-corrected chi connectivity index (χ1v) is 9.23. The molecule has 1 aliphatic rings. The molecule has 138 valence electrons. The van der Waals surface area contributed by atoms with Crippen LogP contribution in [0.3, 0.4) is 0 Å². The van der Waals surface area contributed by atoms with E-state index in [2.05, 4.69) is 22.6 Å². The third-order valence-electron chi connectivity index (χ3n) is 4.72. The average molecular weight is 355 g/mol. The molecule has 7 heteroatoms. The Morgan fingerprint density at radius 3 is 2.62 bits per heavy atom. The van der Waals surface area contributed by atoms with Crippen LogP contribution in [0.5, 0.6) is 0 Å². The molecule has 0 aliphatic carbocycles. The lowest BCUT2D eigenvalue weighted by Crippen LogP contribution is -2.43. The van der Waals surface area contributed by atoms with E-state index in [1.807, 2.05) is 30.3 Å². The van der Waals surface area contributed by atoms with E-state index in [4.69, 9.17) is 0 Å².